The molecule has 1 aromatic heterocycles. The molecule has 1 atom stereocenters. The Bertz CT molecular complexity index is 342. The second-order valence-corrected chi connectivity index (χ2v) is 5.12. The first-order valence-corrected chi connectivity index (χ1v) is 6.49. The zero-order valence-electron chi connectivity index (χ0n) is 8.15. The van der Waals surface area contributed by atoms with E-state index in [0.717, 1.165) is 18.1 Å². The number of aromatic nitrogens is 3. The summed E-state index contributed by atoms with van der Waals surface area (Å²) in [6, 6.07) is 0.401. The third-order valence-corrected chi connectivity index (χ3v) is 3.72. The summed E-state index contributed by atoms with van der Waals surface area (Å²) in [5, 5.41) is 0.297. The van der Waals surface area contributed by atoms with Gasteiger partial charge in [-0.3, -0.25) is 0 Å². The molecule has 1 aromatic rings. The van der Waals surface area contributed by atoms with Crippen LogP contribution in [0, 0.1) is 0 Å². The smallest absolute Gasteiger partial charge is 0.231 e. The van der Waals surface area contributed by atoms with Crippen LogP contribution < -0.4 is 4.90 Å². The fourth-order valence-corrected chi connectivity index (χ4v) is 2.84. The highest BCUT2D eigenvalue weighted by Gasteiger charge is 2.21. The molecule has 0 aromatic carbocycles. The van der Waals surface area contributed by atoms with Gasteiger partial charge in [0, 0.05) is 24.1 Å². The van der Waals surface area contributed by atoms with Crippen LogP contribution in [0.3, 0.4) is 0 Å². The summed E-state index contributed by atoms with van der Waals surface area (Å²) in [6.07, 6.45) is 0. The molecule has 0 saturated carbocycles. The average Bonchev–Trinajstić information content (AvgIpc) is 2.16. The minimum Gasteiger partial charge on any atom is -0.336 e. The van der Waals surface area contributed by atoms with Gasteiger partial charge in [0.05, 0.1) is 0 Å². The van der Waals surface area contributed by atoms with E-state index in [1.54, 1.807) is 0 Å². The van der Waals surface area contributed by atoms with Crippen molar-refractivity contribution in [2.24, 2.45) is 0 Å². The number of nitrogens with zero attached hydrogens (tertiary/aromatic N) is 4. The number of anilines is 1. The van der Waals surface area contributed by atoms with E-state index >= 15 is 0 Å². The van der Waals surface area contributed by atoms with Crippen molar-refractivity contribution < 1.29 is 0 Å². The maximum atomic E-state index is 5.74. The fraction of sp³-hybridized carbons (Fsp3) is 0.625. The normalized spacial score (nSPS) is 21.8. The van der Waals surface area contributed by atoms with E-state index < -0.39 is 0 Å². The molecule has 15 heavy (non-hydrogen) atoms. The van der Waals surface area contributed by atoms with E-state index in [2.05, 4.69) is 26.8 Å². The lowest BCUT2D eigenvalue weighted by Gasteiger charge is -2.32. The number of thioether (sulfide) groups is 1. The minimum absolute atomic E-state index is 0.149. The standard InChI is InChI=1S/C8H10Cl2N4S/c1-5-4-15-3-2-14(5)8-12-6(9)11-7(10)13-8/h5H,2-4H2,1H3. The Morgan fingerprint density at radius 2 is 1.93 bits per heavy atom. The zero-order chi connectivity index (χ0) is 10.8. The Balaban J connectivity index is 2.27. The molecule has 0 bridgehead atoms. The lowest BCUT2D eigenvalue weighted by molar-refractivity contribution is 0.674. The molecule has 7 heteroatoms. The SMILES string of the molecule is CC1CSCCN1c1nc(Cl)nc(Cl)n1. The summed E-state index contributed by atoms with van der Waals surface area (Å²) in [5.74, 6) is 2.72. The lowest BCUT2D eigenvalue weighted by atomic mass is 10.3. The van der Waals surface area contributed by atoms with Crippen molar-refractivity contribution in [1.82, 2.24) is 15.0 Å². The van der Waals surface area contributed by atoms with Gasteiger partial charge in [0.2, 0.25) is 16.5 Å². The molecule has 1 aliphatic rings. The highest BCUT2D eigenvalue weighted by Crippen LogP contribution is 2.22. The summed E-state index contributed by atoms with van der Waals surface area (Å²) in [6.45, 7) is 3.06. The first kappa shape index (κ1) is 11.2. The third-order valence-electron chi connectivity index (χ3n) is 2.19. The Hall–Kier alpha value is -0.260. The number of hydrogen-bond acceptors (Lipinski definition) is 5. The van der Waals surface area contributed by atoms with Crippen LogP contribution in [0.15, 0.2) is 0 Å². The van der Waals surface area contributed by atoms with Gasteiger partial charge in [-0.15, -0.1) is 0 Å². The quantitative estimate of drug-likeness (QED) is 0.778. The van der Waals surface area contributed by atoms with E-state index in [0.29, 0.717) is 12.0 Å². The van der Waals surface area contributed by atoms with Crippen molar-refractivity contribution >= 4 is 40.9 Å². The van der Waals surface area contributed by atoms with Crippen LogP contribution in [0.25, 0.3) is 0 Å². The highest BCUT2D eigenvalue weighted by atomic mass is 35.5. The molecule has 0 spiro atoms. The third kappa shape index (κ3) is 2.65. The minimum atomic E-state index is 0.149. The highest BCUT2D eigenvalue weighted by molar-refractivity contribution is 7.99. The Kier molecular flexibility index (Phi) is 3.53. The summed E-state index contributed by atoms with van der Waals surface area (Å²) in [4.78, 5) is 14.0. The zero-order valence-corrected chi connectivity index (χ0v) is 10.5. The molecule has 2 heterocycles. The topological polar surface area (TPSA) is 41.9 Å². The van der Waals surface area contributed by atoms with Crippen molar-refractivity contribution in [2.75, 3.05) is 23.0 Å². The van der Waals surface area contributed by atoms with Gasteiger partial charge in [-0.1, -0.05) is 0 Å². The van der Waals surface area contributed by atoms with E-state index in [9.17, 15) is 0 Å². The maximum Gasteiger partial charge on any atom is 0.231 e. The van der Waals surface area contributed by atoms with Gasteiger partial charge in [-0.25, -0.2) is 0 Å². The first-order valence-electron chi connectivity index (χ1n) is 4.58. The van der Waals surface area contributed by atoms with Gasteiger partial charge in [0.25, 0.3) is 0 Å². The second kappa shape index (κ2) is 4.72. The molecule has 0 N–H and O–H groups in total. The summed E-state index contributed by atoms with van der Waals surface area (Å²) >= 11 is 13.4. The number of halogens is 2. The van der Waals surface area contributed by atoms with Crippen molar-refractivity contribution in [3.05, 3.63) is 10.6 Å². The predicted octanol–water partition coefficient (Wildman–Crippen LogP) is 2.12. The Morgan fingerprint density at radius 1 is 1.27 bits per heavy atom. The molecule has 82 valence electrons. The first-order chi connectivity index (χ1) is 7.16. The number of hydrogen-bond donors (Lipinski definition) is 0. The van der Waals surface area contributed by atoms with Gasteiger partial charge < -0.3 is 4.90 Å². The fourth-order valence-electron chi connectivity index (χ4n) is 1.47. The molecule has 4 nitrogen and oxygen atoms in total. The van der Waals surface area contributed by atoms with Crippen LogP contribution >= 0.6 is 35.0 Å². The molecule has 1 saturated heterocycles. The van der Waals surface area contributed by atoms with E-state index in [-0.39, 0.29) is 10.6 Å². The molecule has 1 fully saturated rings. The van der Waals surface area contributed by atoms with Crippen LogP contribution in [0.2, 0.25) is 10.6 Å². The van der Waals surface area contributed by atoms with Gasteiger partial charge in [0.1, 0.15) is 0 Å². The molecule has 0 aliphatic carbocycles. The number of rotatable bonds is 1. The Morgan fingerprint density at radius 3 is 2.53 bits per heavy atom. The van der Waals surface area contributed by atoms with Gasteiger partial charge in [-0.2, -0.15) is 26.7 Å². The molecular weight excluding hydrogens is 255 g/mol. The lowest BCUT2D eigenvalue weighted by Crippen LogP contribution is -2.41. The van der Waals surface area contributed by atoms with Crippen LogP contribution in [0.4, 0.5) is 5.95 Å². The van der Waals surface area contributed by atoms with Crippen LogP contribution in [0.5, 0.6) is 0 Å². The van der Waals surface area contributed by atoms with Crippen LogP contribution in [-0.2, 0) is 0 Å². The van der Waals surface area contributed by atoms with E-state index in [1.807, 2.05) is 11.8 Å². The van der Waals surface area contributed by atoms with Crippen LogP contribution in [-0.4, -0.2) is 39.0 Å². The molecule has 1 unspecified atom stereocenters. The van der Waals surface area contributed by atoms with E-state index in [4.69, 9.17) is 23.2 Å². The summed E-state index contributed by atoms with van der Waals surface area (Å²) < 4.78 is 0. The molecule has 1 aliphatic heterocycles. The van der Waals surface area contributed by atoms with Crippen molar-refractivity contribution in [2.45, 2.75) is 13.0 Å². The van der Waals surface area contributed by atoms with Gasteiger partial charge >= 0.3 is 0 Å². The van der Waals surface area contributed by atoms with Gasteiger partial charge in [0.15, 0.2) is 0 Å². The molecule has 0 radical (unpaired) electrons. The average molecular weight is 265 g/mol. The predicted molar refractivity (Wildman–Crippen MR) is 64.0 cm³/mol. The molecular formula is C8H10Cl2N4S. The largest absolute Gasteiger partial charge is 0.336 e. The van der Waals surface area contributed by atoms with E-state index in [1.165, 1.54) is 0 Å². The van der Waals surface area contributed by atoms with Crippen molar-refractivity contribution in [3.8, 4) is 0 Å². The summed E-state index contributed by atoms with van der Waals surface area (Å²) in [5.41, 5.74) is 0. The molecule has 0 amide bonds. The molecule has 2 rings (SSSR count). The summed E-state index contributed by atoms with van der Waals surface area (Å²) in [7, 11) is 0. The van der Waals surface area contributed by atoms with Gasteiger partial charge in [-0.05, 0) is 30.1 Å². The maximum absolute atomic E-state index is 5.74. The second-order valence-electron chi connectivity index (χ2n) is 3.29. The monoisotopic (exact) mass is 264 g/mol. The van der Waals surface area contributed by atoms with Crippen LogP contribution in [0.1, 0.15) is 6.92 Å². The Labute approximate surface area is 102 Å². The van der Waals surface area contributed by atoms with Crippen molar-refractivity contribution in [1.29, 1.82) is 0 Å². The van der Waals surface area contributed by atoms with Crippen molar-refractivity contribution in [3.63, 3.8) is 0 Å².